The van der Waals surface area contributed by atoms with Crippen LogP contribution in [0.25, 0.3) is 0 Å². The number of carbonyl (C=O) groups excluding carboxylic acids is 1. The molecular formula is C9H14ClNO. The van der Waals surface area contributed by atoms with Crippen molar-refractivity contribution in [2.75, 3.05) is 5.88 Å². The van der Waals surface area contributed by atoms with Crippen molar-refractivity contribution >= 4 is 17.5 Å². The third kappa shape index (κ3) is 4.25. The zero-order chi connectivity index (χ0) is 9.56. The van der Waals surface area contributed by atoms with Gasteiger partial charge in [-0.1, -0.05) is 6.92 Å². The number of carbonyl (C=O) groups is 1. The molecule has 2 nitrogen and oxygen atoms in total. The van der Waals surface area contributed by atoms with Crippen LogP contribution in [0.1, 0.15) is 20.3 Å². The molecule has 12 heavy (non-hydrogen) atoms. The minimum absolute atomic E-state index is 0.0345. The fraction of sp³-hybridized carbons (Fsp3) is 0.667. The summed E-state index contributed by atoms with van der Waals surface area (Å²) in [6, 6.07) is 0.0353. The summed E-state index contributed by atoms with van der Waals surface area (Å²) in [7, 11) is 0. The lowest BCUT2D eigenvalue weighted by Crippen LogP contribution is -2.36. The van der Waals surface area contributed by atoms with Crippen LogP contribution < -0.4 is 5.32 Å². The molecule has 0 rings (SSSR count). The highest BCUT2D eigenvalue weighted by molar-refractivity contribution is 6.19. The second-order valence-electron chi connectivity index (χ2n) is 2.87. The quantitative estimate of drug-likeness (QED) is 0.523. The fourth-order valence-electron chi connectivity index (χ4n) is 0.683. The highest BCUT2D eigenvalue weighted by Gasteiger charge is 2.12. The van der Waals surface area contributed by atoms with Crippen LogP contribution >= 0.6 is 11.6 Å². The first-order valence-corrected chi connectivity index (χ1v) is 4.45. The first-order valence-electron chi connectivity index (χ1n) is 3.91. The molecule has 0 saturated heterocycles. The van der Waals surface area contributed by atoms with Gasteiger partial charge < -0.3 is 5.32 Å². The van der Waals surface area contributed by atoms with Gasteiger partial charge in [0.05, 0.1) is 0 Å². The number of halogens is 1. The molecule has 2 atom stereocenters. The van der Waals surface area contributed by atoms with E-state index in [1.165, 1.54) is 0 Å². The lowest BCUT2D eigenvalue weighted by atomic mass is 10.1. The number of alkyl halides is 1. The third-order valence-electron chi connectivity index (χ3n) is 1.49. The van der Waals surface area contributed by atoms with Crippen molar-refractivity contribution in [3.63, 3.8) is 0 Å². The van der Waals surface area contributed by atoms with Gasteiger partial charge in [0.25, 0.3) is 0 Å². The number of amides is 1. The van der Waals surface area contributed by atoms with Gasteiger partial charge in [-0.05, 0) is 6.92 Å². The number of terminal acetylenes is 1. The van der Waals surface area contributed by atoms with Crippen LogP contribution in [-0.2, 0) is 4.79 Å². The summed E-state index contributed by atoms with van der Waals surface area (Å²) in [5.41, 5.74) is 0. The molecule has 0 aromatic rings. The maximum atomic E-state index is 11.2. The highest BCUT2D eigenvalue weighted by atomic mass is 35.5. The van der Waals surface area contributed by atoms with E-state index in [0.717, 1.165) is 0 Å². The molecule has 3 heteroatoms. The van der Waals surface area contributed by atoms with Crippen LogP contribution in [0.2, 0.25) is 0 Å². The minimum atomic E-state index is -0.146. The van der Waals surface area contributed by atoms with Gasteiger partial charge in [-0.3, -0.25) is 4.79 Å². The maximum absolute atomic E-state index is 11.2. The van der Waals surface area contributed by atoms with Crippen LogP contribution in [0.4, 0.5) is 0 Å². The molecule has 0 spiro atoms. The molecule has 0 aliphatic carbocycles. The normalized spacial score (nSPS) is 14.5. The molecule has 68 valence electrons. The Morgan fingerprint density at radius 1 is 1.67 bits per heavy atom. The van der Waals surface area contributed by atoms with Crippen molar-refractivity contribution in [1.82, 2.24) is 5.32 Å². The van der Waals surface area contributed by atoms with E-state index in [-0.39, 0.29) is 17.9 Å². The summed E-state index contributed by atoms with van der Waals surface area (Å²) < 4.78 is 0. The molecule has 0 fully saturated rings. The Morgan fingerprint density at radius 2 is 2.25 bits per heavy atom. The van der Waals surface area contributed by atoms with Crippen molar-refractivity contribution in [2.45, 2.75) is 26.3 Å². The van der Waals surface area contributed by atoms with E-state index in [1.54, 1.807) is 6.92 Å². The SMILES string of the molecule is C#CCC(C)NC(=O)C(C)CCl. The van der Waals surface area contributed by atoms with Crippen molar-refractivity contribution in [2.24, 2.45) is 5.92 Å². The van der Waals surface area contributed by atoms with Crippen LogP contribution in [0.5, 0.6) is 0 Å². The van der Waals surface area contributed by atoms with Gasteiger partial charge in [0, 0.05) is 24.3 Å². The molecule has 0 aromatic heterocycles. The summed E-state index contributed by atoms with van der Waals surface area (Å²) in [5.74, 6) is 2.64. The monoisotopic (exact) mass is 187 g/mol. The molecule has 0 bridgehead atoms. The van der Waals surface area contributed by atoms with Gasteiger partial charge in [0.15, 0.2) is 0 Å². The number of hydrogen-bond donors (Lipinski definition) is 1. The Hall–Kier alpha value is -0.680. The van der Waals surface area contributed by atoms with E-state index in [2.05, 4.69) is 11.2 Å². The molecule has 1 amide bonds. The molecule has 0 aliphatic rings. The molecule has 1 N–H and O–H groups in total. The maximum Gasteiger partial charge on any atom is 0.224 e. The Labute approximate surface area is 78.7 Å². The molecule has 0 radical (unpaired) electrons. The lowest BCUT2D eigenvalue weighted by molar-refractivity contribution is -0.124. The minimum Gasteiger partial charge on any atom is -0.352 e. The van der Waals surface area contributed by atoms with Crippen molar-refractivity contribution in [3.05, 3.63) is 0 Å². The lowest BCUT2D eigenvalue weighted by Gasteiger charge is -2.13. The van der Waals surface area contributed by atoms with Crippen LogP contribution in [0.15, 0.2) is 0 Å². The van der Waals surface area contributed by atoms with Gasteiger partial charge in [0.2, 0.25) is 5.91 Å². The second kappa shape index (κ2) is 5.91. The van der Waals surface area contributed by atoms with Crippen LogP contribution in [0.3, 0.4) is 0 Å². The Kier molecular flexibility index (Phi) is 5.57. The largest absolute Gasteiger partial charge is 0.352 e. The zero-order valence-electron chi connectivity index (χ0n) is 7.43. The number of rotatable bonds is 4. The zero-order valence-corrected chi connectivity index (χ0v) is 8.19. The standard InChI is InChI=1S/C9H14ClNO/c1-4-5-8(3)11-9(12)7(2)6-10/h1,7-8H,5-6H2,2-3H3,(H,11,12). The Balaban J connectivity index is 3.77. The molecule has 0 heterocycles. The summed E-state index contributed by atoms with van der Waals surface area (Å²) in [4.78, 5) is 11.2. The van der Waals surface area contributed by atoms with Gasteiger partial charge in [-0.25, -0.2) is 0 Å². The topological polar surface area (TPSA) is 29.1 Å². The van der Waals surface area contributed by atoms with Crippen molar-refractivity contribution in [1.29, 1.82) is 0 Å². The third-order valence-corrected chi connectivity index (χ3v) is 1.95. The summed E-state index contributed by atoms with van der Waals surface area (Å²) in [6.07, 6.45) is 5.64. The summed E-state index contributed by atoms with van der Waals surface area (Å²) >= 11 is 5.51. The predicted octanol–water partition coefficient (Wildman–Crippen LogP) is 1.39. The highest BCUT2D eigenvalue weighted by Crippen LogP contribution is 1.99. The Bertz CT molecular complexity index is 185. The summed E-state index contributed by atoms with van der Waals surface area (Å²) in [5, 5.41) is 2.77. The van der Waals surface area contributed by atoms with Crippen molar-refractivity contribution in [3.8, 4) is 12.3 Å². The molecule has 0 aliphatic heterocycles. The van der Waals surface area contributed by atoms with Gasteiger partial charge in [-0.2, -0.15) is 0 Å². The van der Waals surface area contributed by atoms with Crippen LogP contribution in [0, 0.1) is 18.3 Å². The van der Waals surface area contributed by atoms with Gasteiger partial charge in [0.1, 0.15) is 0 Å². The average molecular weight is 188 g/mol. The van der Waals surface area contributed by atoms with E-state index in [1.807, 2.05) is 6.92 Å². The smallest absolute Gasteiger partial charge is 0.224 e. The first-order chi connectivity index (χ1) is 5.61. The molecule has 0 aromatic carbocycles. The molecule has 2 unspecified atom stereocenters. The first kappa shape index (κ1) is 11.3. The number of nitrogens with one attached hydrogen (secondary N) is 1. The second-order valence-corrected chi connectivity index (χ2v) is 3.18. The van der Waals surface area contributed by atoms with Gasteiger partial charge >= 0.3 is 0 Å². The average Bonchev–Trinajstić information content (AvgIpc) is 2.03. The summed E-state index contributed by atoms with van der Waals surface area (Å²) in [6.45, 7) is 3.66. The fourth-order valence-corrected chi connectivity index (χ4v) is 0.823. The van der Waals surface area contributed by atoms with E-state index in [0.29, 0.717) is 12.3 Å². The van der Waals surface area contributed by atoms with E-state index < -0.39 is 0 Å². The van der Waals surface area contributed by atoms with Crippen molar-refractivity contribution < 1.29 is 4.79 Å². The van der Waals surface area contributed by atoms with E-state index in [9.17, 15) is 4.79 Å². The Morgan fingerprint density at radius 3 is 2.67 bits per heavy atom. The molecule has 0 saturated carbocycles. The van der Waals surface area contributed by atoms with Gasteiger partial charge in [-0.15, -0.1) is 23.9 Å². The number of hydrogen-bond acceptors (Lipinski definition) is 1. The van der Waals surface area contributed by atoms with E-state index in [4.69, 9.17) is 18.0 Å². The predicted molar refractivity (Wildman–Crippen MR) is 50.9 cm³/mol. The molecular weight excluding hydrogens is 174 g/mol. The van der Waals surface area contributed by atoms with Crippen LogP contribution in [-0.4, -0.2) is 17.8 Å². The van der Waals surface area contributed by atoms with E-state index >= 15 is 0 Å².